The first-order valence-electron chi connectivity index (χ1n) is 4.48. The fourth-order valence-corrected chi connectivity index (χ4v) is 2.28. The molecule has 0 atom stereocenters. The third kappa shape index (κ3) is 4.46. The van der Waals surface area contributed by atoms with Gasteiger partial charge in [-0.3, -0.25) is 0 Å². The Balaban J connectivity index is 2.43. The third-order valence-corrected chi connectivity index (χ3v) is 3.41. The van der Waals surface area contributed by atoms with Crippen molar-refractivity contribution in [2.24, 2.45) is 0 Å². The van der Waals surface area contributed by atoms with Crippen LogP contribution in [-0.4, -0.2) is 0 Å². The van der Waals surface area contributed by atoms with Gasteiger partial charge in [-0.2, -0.15) is 0 Å². The van der Waals surface area contributed by atoms with Crippen LogP contribution in [0.15, 0.2) is 21.1 Å². The predicted octanol–water partition coefficient (Wildman–Crippen LogP) is 4.90. The first-order valence-corrected chi connectivity index (χ1v) is 6.06. The molecule has 0 bridgehead atoms. The molecule has 68 valence electrons. The predicted molar refractivity (Wildman–Crippen MR) is 61.7 cm³/mol. The van der Waals surface area contributed by atoms with E-state index in [2.05, 4.69) is 44.0 Å². The topological polar surface area (TPSA) is 0 Å². The maximum atomic E-state index is 3.58. The van der Waals surface area contributed by atoms with Gasteiger partial charge in [0, 0.05) is 0 Å². The normalized spacial score (nSPS) is 29.8. The summed E-state index contributed by atoms with van der Waals surface area (Å²) >= 11 is 7.15. The number of hydrogen-bond acceptors (Lipinski definition) is 0. The molecule has 0 unspecified atom stereocenters. The average molecular weight is 294 g/mol. The van der Waals surface area contributed by atoms with Gasteiger partial charge in [-0.1, -0.05) is 44.0 Å². The summed E-state index contributed by atoms with van der Waals surface area (Å²) in [5, 5.41) is 0. The summed E-state index contributed by atoms with van der Waals surface area (Å²) in [5.41, 5.74) is 0. The molecule has 1 aliphatic carbocycles. The molecule has 0 heterocycles. The van der Waals surface area contributed by atoms with Crippen molar-refractivity contribution < 1.29 is 0 Å². The van der Waals surface area contributed by atoms with E-state index in [1.165, 1.54) is 47.5 Å². The van der Waals surface area contributed by atoms with Crippen LogP contribution in [0.4, 0.5) is 0 Å². The molecule has 0 amide bonds. The molecule has 1 rings (SSSR count). The van der Waals surface area contributed by atoms with Crippen LogP contribution in [0.3, 0.4) is 0 Å². The Hall–Kier alpha value is 0.440. The minimum Gasteiger partial charge on any atom is -0.0744 e. The lowest BCUT2D eigenvalue weighted by molar-refractivity contribution is 0.808. The zero-order valence-corrected chi connectivity index (χ0v) is 10.3. The summed E-state index contributed by atoms with van der Waals surface area (Å²) in [7, 11) is 0. The van der Waals surface area contributed by atoms with Crippen LogP contribution in [0.1, 0.15) is 38.5 Å². The number of hydrogen-bond donors (Lipinski definition) is 0. The Morgan fingerprint density at radius 3 is 1.67 bits per heavy atom. The number of rotatable bonds is 0. The smallest absolute Gasteiger partial charge is 0.00891 e. The highest BCUT2D eigenvalue weighted by atomic mass is 79.9. The van der Waals surface area contributed by atoms with Gasteiger partial charge in [0.1, 0.15) is 0 Å². The second-order valence-electron chi connectivity index (χ2n) is 3.09. The molecule has 0 saturated heterocycles. The number of halogens is 2. The summed E-state index contributed by atoms with van der Waals surface area (Å²) in [6, 6.07) is 0. The van der Waals surface area contributed by atoms with Crippen molar-refractivity contribution in [3.05, 3.63) is 21.1 Å². The molecule has 0 aromatic carbocycles. The summed E-state index contributed by atoms with van der Waals surface area (Å²) < 4.78 is 2.77. The SMILES string of the molecule is Br/C1=C/CCC/C(Br)=C\CCC1. The highest BCUT2D eigenvalue weighted by molar-refractivity contribution is 9.12. The van der Waals surface area contributed by atoms with Crippen LogP contribution in [0.5, 0.6) is 0 Å². The first-order chi connectivity index (χ1) is 5.79. The van der Waals surface area contributed by atoms with Crippen LogP contribution in [-0.2, 0) is 0 Å². The van der Waals surface area contributed by atoms with Crippen molar-refractivity contribution in [1.29, 1.82) is 0 Å². The van der Waals surface area contributed by atoms with Gasteiger partial charge >= 0.3 is 0 Å². The second-order valence-corrected chi connectivity index (χ2v) is 5.12. The minimum absolute atomic E-state index is 1.19. The first kappa shape index (κ1) is 10.5. The zero-order chi connectivity index (χ0) is 8.81. The molecule has 0 N–H and O–H groups in total. The molecule has 2 heteroatoms. The van der Waals surface area contributed by atoms with Crippen LogP contribution < -0.4 is 0 Å². The van der Waals surface area contributed by atoms with Gasteiger partial charge in [-0.25, -0.2) is 0 Å². The van der Waals surface area contributed by atoms with Gasteiger partial charge in [0.05, 0.1) is 0 Å². The molecule has 0 spiro atoms. The Morgan fingerprint density at radius 1 is 0.833 bits per heavy atom. The van der Waals surface area contributed by atoms with E-state index in [9.17, 15) is 0 Å². The van der Waals surface area contributed by atoms with E-state index in [0.29, 0.717) is 0 Å². The van der Waals surface area contributed by atoms with Crippen molar-refractivity contribution in [1.82, 2.24) is 0 Å². The molecule has 0 aliphatic heterocycles. The zero-order valence-electron chi connectivity index (χ0n) is 7.15. The van der Waals surface area contributed by atoms with E-state index in [4.69, 9.17) is 0 Å². The maximum absolute atomic E-state index is 3.58. The molecule has 0 saturated carbocycles. The van der Waals surface area contributed by atoms with Crippen molar-refractivity contribution in [2.45, 2.75) is 38.5 Å². The Labute approximate surface area is 91.4 Å². The average Bonchev–Trinajstić information content (AvgIpc) is 2.06. The summed E-state index contributed by atoms with van der Waals surface area (Å²) in [6.07, 6.45) is 11.9. The molecular formula is C10H14Br2. The fourth-order valence-electron chi connectivity index (χ4n) is 1.26. The Morgan fingerprint density at radius 2 is 1.25 bits per heavy atom. The molecule has 0 aromatic rings. The van der Waals surface area contributed by atoms with Gasteiger partial charge in [-0.05, 0) is 47.5 Å². The lowest BCUT2D eigenvalue weighted by Crippen LogP contribution is -1.82. The van der Waals surface area contributed by atoms with Gasteiger partial charge in [0.2, 0.25) is 0 Å². The highest BCUT2D eigenvalue weighted by Crippen LogP contribution is 2.22. The number of allylic oxidation sites excluding steroid dienone is 4. The standard InChI is InChI=1S/C10H14Br2/c11-9-5-1-2-6-10(12)8-4-3-7-9/h5,8H,1-4,6-7H2/b9-5+,10-8+. The maximum Gasteiger partial charge on any atom is -0.00891 e. The van der Waals surface area contributed by atoms with Gasteiger partial charge < -0.3 is 0 Å². The van der Waals surface area contributed by atoms with E-state index in [-0.39, 0.29) is 0 Å². The van der Waals surface area contributed by atoms with Gasteiger partial charge in [0.15, 0.2) is 0 Å². The van der Waals surface area contributed by atoms with Crippen molar-refractivity contribution in [3.8, 4) is 0 Å². The lowest BCUT2D eigenvalue weighted by Gasteiger charge is -2.03. The molecule has 0 radical (unpaired) electrons. The minimum atomic E-state index is 1.19. The fraction of sp³-hybridized carbons (Fsp3) is 0.600. The molecule has 0 fully saturated rings. The summed E-state index contributed by atoms with van der Waals surface area (Å²) in [5.74, 6) is 0. The molecule has 0 nitrogen and oxygen atoms in total. The summed E-state index contributed by atoms with van der Waals surface area (Å²) in [4.78, 5) is 0. The second kappa shape index (κ2) is 5.98. The monoisotopic (exact) mass is 292 g/mol. The molecular weight excluding hydrogens is 280 g/mol. The molecule has 0 aromatic heterocycles. The van der Waals surface area contributed by atoms with E-state index in [1.54, 1.807) is 0 Å². The van der Waals surface area contributed by atoms with Crippen molar-refractivity contribution in [2.75, 3.05) is 0 Å². The van der Waals surface area contributed by atoms with Crippen molar-refractivity contribution >= 4 is 31.9 Å². The van der Waals surface area contributed by atoms with E-state index < -0.39 is 0 Å². The van der Waals surface area contributed by atoms with Crippen LogP contribution in [0, 0.1) is 0 Å². The molecule has 12 heavy (non-hydrogen) atoms. The highest BCUT2D eigenvalue weighted by Gasteiger charge is 1.97. The van der Waals surface area contributed by atoms with Crippen LogP contribution >= 0.6 is 31.9 Å². The van der Waals surface area contributed by atoms with Gasteiger partial charge in [0.25, 0.3) is 0 Å². The van der Waals surface area contributed by atoms with E-state index in [1.807, 2.05) is 0 Å². The van der Waals surface area contributed by atoms with E-state index >= 15 is 0 Å². The Bertz CT molecular complexity index is 170. The van der Waals surface area contributed by atoms with E-state index in [0.717, 1.165) is 0 Å². The largest absolute Gasteiger partial charge is 0.0744 e. The summed E-state index contributed by atoms with van der Waals surface area (Å²) in [6.45, 7) is 0. The quantitative estimate of drug-likeness (QED) is 0.596. The van der Waals surface area contributed by atoms with Crippen molar-refractivity contribution in [3.63, 3.8) is 0 Å². The van der Waals surface area contributed by atoms with Gasteiger partial charge in [-0.15, -0.1) is 0 Å². The molecule has 1 aliphatic rings. The van der Waals surface area contributed by atoms with Crippen LogP contribution in [0.25, 0.3) is 0 Å². The Kier molecular flexibility index (Phi) is 5.24. The lowest BCUT2D eigenvalue weighted by atomic mass is 10.1. The third-order valence-electron chi connectivity index (χ3n) is 1.97. The van der Waals surface area contributed by atoms with Crippen LogP contribution in [0.2, 0.25) is 0 Å².